The van der Waals surface area contributed by atoms with Crippen LogP contribution in [0.1, 0.15) is 10.4 Å². The van der Waals surface area contributed by atoms with Crippen LogP contribution in [0.25, 0.3) is 10.2 Å². The number of aromatic nitrogens is 1. The van der Waals surface area contributed by atoms with Crippen LogP contribution in [-0.4, -0.2) is 38.4 Å². The number of thiazole rings is 1. The third-order valence-electron chi connectivity index (χ3n) is 4.99. The molecule has 0 atom stereocenters. The van der Waals surface area contributed by atoms with Gasteiger partial charge < -0.3 is 23.5 Å². The molecule has 1 aromatic heterocycles. The highest BCUT2D eigenvalue weighted by Gasteiger charge is 2.16. The smallest absolute Gasteiger partial charge is 0.283 e. The predicted octanol–water partition coefficient (Wildman–Crippen LogP) is 4.90. The van der Waals surface area contributed by atoms with E-state index in [1.807, 2.05) is 53.1 Å². The van der Waals surface area contributed by atoms with Gasteiger partial charge in [0.1, 0.15) is 11.5 Å². The minimum Gasteiger partial charge on any atom is -0.493 e. The molecule has 0 saturated heterocycles. The SMILES string of the molecule is COCCn1c(=NC(=O)c2ccccc2Oc2ccccc2)sc2cc(OC)c(OC)cc21. The van der Waals surface area contributed by atoms with Crippen molar-refractivity contribution < 1.29 is 23.7 Å². The van der Waals surface area contributed by atoms with Gasteiger partial charge in [-0.3, -0.25) is 4.79 Å². The molecule has 0 aliphatic rings. The maximum atomic E-state index is 13.2. The molecule has 33 heavy (non-hydrogen) atoms. The molecular formula is C25H24N2O5S. The first-order valence-corrected chi connectivity index (χ1v) is 11.1. The molecule has 0 N–H and O–H groups in total. The summed E-state index contributed by atoms with van der Waals surface area (Å²) < 4.78 is 25.0. The zero-order valence-corrected chi connectivity index (χ0v) is 19.4. The van der Waals surface area contributed by atoms with Crippen molar-refractivity contribution in [2.45, 2.75) is 6.54 Å². The molecule has 4 aromatic rings. The fraction of sp³-hybridized carbons (Fsp3) is 0.200. The van der Waals surface area contributed by atoms with E-state index >= 15 is 0 Å². The van der Waals surface area contributed by atoms with Gasteiger partial charge in [0.2, 0.25) is 0 Å². The van der Waals surface area contributed by atoms with Gasteiger partial charge in [0, 0.05) is 25.8 Å². The van der Waals surface area contributed by atoms with E-state index in [-0.39, 0.29) is 0 Å². The molecule has 0 radical (unpaired) electrons. The maximum absolute atomic E-state index is 13.2. The highest BCUT2D eigenvalue weighted by Crippen LogP contribution is 2.33. The highest BCUT2D eigenvalue weighted by atomic mass is 32.1. The van der Waals surface area contributed by atoms with Gasteiger partial charge in [0.25, 0.3) is 5.91 Å². The van der Waals surface area contributed by atoms with Crippen LogP contribution in [0.5, 0.6) is 23.0 Å². The number of carbonyl (C=O) groups is 1. The van der Waals surface area contributed by atoms with Gasteiger partial charge in [0.15, 0.2) is 16.3 Å². The van der Waals surface area contributed by atoms with E-state index in [1.54, 1.807) is 39.5 Å². The summed E-state index contributed by atoms with van der Waals surface area (Å²) in [5, 5.41) is 0. The Morgan fingerprint density at radius 1 is 0.909 bits per heavy atom. The lowest BCUT2D eigenvalue weighted by molar-refractivity contribution is 0.0995. The zero-order valence-electron chi connectivity index (χ0n) is 18.6. The second kappa shape index (κ2) is 10.3. The highest BCUT2D eigenvalue weighted by molar-refractivity contribution is 7.16. The van der Waals surface area contributed by atoms with Crippen molar-refractivity contribution in [3.8, 4) is 23.0 Å². The first-order valence-electron chi connectivity index (χ1n) is 10.3. The summed E-state index contributed by atoms with van der Waals surface area (Å²) in [6, 6.07) is 20.2. The van der Waals surface area contributed by atoms with E-state index in [1.165, 1.54) is 11.3 Å². The number of nitrogens with zero attached hydrogens (tertiary/aromatic N) is 2. The summed E-state index contributed by atoms with van der Waals surface area (Å²) >= 11 is 1.40. The molecule has 3 aromatic carbocycles. The monoisotopic (exact) mass is 464 g/mol. The lowest BCUT2D eigenvalue weighted by Crippen LogP contribution is -2.19. The van der Waals surface area contributed by atoms with Crippen LogP contribution in [0, 0.1) is 0 Å². The number of ether oxygens (including phenoxy) is 4. The minimum absolute atomic E-state index is 0.382. The Bertz CT molecular complexity index is 1330. The fourth-order valence-corrected chi connectivity index (χ4v) is 4.44. The second-order valence-electron chi connectivity index (χ2n) is 7.03. The summed E-state index contributed by atoms with van der Waals surface area (Å²) in [6.07, 6.45) is 0. The average molecular weight is 465 g/mol. The molecule has 0 unspecified atom stereocenters. The molecule has 0 aliphatic carbocycles. The Labute approximate surface area is 195 Å². The number of benzene rings is 3. The number of fused-ring (bicyclic) bond motifs is 1. The normalized spacial score (nSPS) is 11.5. The van der Waals surface area contributed by atoms with E-state index in [2.05, 4.69) is 4.99 Å². The molecule has 170 valence electrons. The van der Waals surface area contributed by atoms with Crippen molar-refractivity contribution in [1.29, 1.82) is 0 Å². The zero-order chi connectivity index (χ0) is 23.2. The van der Waals surface area contributed by atoms with Crippen LogP contribution >= 0.6 is 11.3 Å². The van der Waals surface area contributed by atoms with Crippen LogP contribution in [0.4, 0.5) is 0 Å². The van der Waals surface area contributed by atoms with Crippen molar-refractivity contribution >= 4 is 27.5 Å². The Balaban J connectivity index is 1.79. The number of para-hydroxylation sites is 2. The van der Waals surface area contributed by atoms with Crippen LogP contribution in [0.15, 0.2) is 71.7 Å². The lowest BCUT2D eigenvalue weighted by atomic mass is 10.2. The predicted molar refractivity (Wildman–Crippen MR) is 128 cm³/mol. The molecule has 0 spiro atoms. The molecule has 0 aliphatic heterocycles. The number of rotatable bonds is 8. The van der Waals surface area contributed by atoms with E-state index in [0.29, 0.717) is 46.5 Å². The summed E-state index contributed by atoms with van der Waals surface area (Å²) in [5.74, 6) is 1.93. The number of amides is 1. The van der Waals surface area contributed by atoms with Gasteiger partial charge in [-0.1, -0.05) is 41.7 Å². The van der Waals surface area contributed by atoms with Gasteiger partial charge in [-0.2, -0.15) is 4.99 Å². The molecule has 7 nitrogen and oxygen atoms in total. The molecule has 0 bridgehead atoms. The Hall–Kier alpha value is -3.62. The summed E-state index contributed by atoms with van der Waals surface area (Å²) in [6.45, 7) is 0.996. The Morgan fingerprint density at radius 2 is 1.61 bits per heavy atom. The van der Waals surface area contributed by atoms with Crippen LogP contribution in [-0.2, 0) is 11.3 Å². The summed E-state index contributed by atoms with van der Waals surface area (Å²) in [7, 11) is 4.82. The fourth-order valence-electron chi connectivity index (χ4n) is 3.38. The Kier molecular flexibility index (Phi) is 7.07. The van der Waals surface area contributed by atoms with Gasteiger partial charge >= 0.3 is 0 Å². The van der Waals surface area contributed by atoms with Crippen molar-refractivity contribution in [3.05, 3.63) is 77.1 Å². The number of hydrogen-bond donors (Lipinski definition) is 0. The quantitative estimate of drug-likeness (QED) is 0.371. The Morgan fingerprint density at radius 3 is 2.33 bits per heavy atom. The largest absolute Gasteiger partial charge is 0.493 e. The van der Waals surface area contributed by atoms with Gasteiger partial charge in [0.05, 0.1) is 36.6 Å². The molecular weight excluding hydrogens is 440 g/mol. The van der Waals surface area contributed by atoms with Crippen molar-refractivity contribution in [2.75, 3.05) is 27.9 Å². The van der Waals surface area contributed by atoms with Gasteiger partial charge in [-0.05, 0) is 24.3 Å². The lowest BCUT2D eigenvalue weighted by Gasteiger charge is -2.09. The topological polar surface area (TPSA) is 71.3 Å². The molecule has 0 fully saturated rings. The first-order chi connectivity index (χ1) is 16.1. The maximum Gasteiger partial charge on any atom is 0.283 e. The number of methoxy groups -OCH3 is 3. The number of hydrogen-bond acceptors (Lipinski definition) is 6. The minimum atomic E-state index is -0.391. The second-order valence-corrected chi connectivity index (χ2v) is 8.04. The van der Waals surface area contributed by atoms with E-state index in [4.69, 9.17) is 18.9 Å². The van der Waals surface area contributed by atoms with E-state index < -0.39 is 5.91 Å². The third-order valence-corrected chi connectivity index (χ3v) is 6.03. The third kappa shape index (κ3) is 4.92. The molecule has 4 rings (SSSR count). The van der Waals surface area contributed by atoms with E-state index in [0.717, 1.165) is 10.2 Å². The molecule has 8 heteroatoms. The average Bonchev–Trinajstić information content (AvgIpc) is 3.18. The standard InChI is InChI=1S/C25H24N2O5S/c1-29-14-13-27-19-15-21(30-2)22(31-3)16-23(19)33-25(27)26-24(28)18-11-7-8-12-20(18)32-17-9-5-4-6-10-17/h4-12,15-16H,13-14H2,1-3H3. The van der Waals surface area contributed by atoms with Crippen molar-refractivity contribution in [3.63, 3.8) is 0 Å². The van der Waals surface area contributed by atoms with Gasteiger partial charge in [-0.15, -0.1) is 0 Å². The summed E-state index contributed by atoms with van der Waals surface area (Å²) in [4.78, 5) is 18.3. The number of carbonyl (C=O) groups excluding carboxylic acids is 1. The van der Waals surface area contributed by atoms with Gasteiger partial charge in [-0.25, -0.2) is 0 Å². The summed E-state index contributed by atoms with van der Waals surface area (Å²) in [5.41, 5.74) is 1.27. The van der Waals surface area contributed by atoms with Crippen molar-refractivity contribution in [2.24, 2.45) is 4.99 Å². The first kappa shape index (κ1) is 22.6. The van der Waals surface area contributed by atoms with E-state index in [9.17, 15) is 4.79 Å². The molecule has 1 amide bonds. The molecule has 1 heterocycles. The van der Waals surface area contributed by atoms with Crippen molar-refractivity contribution in [1.82, 2.24) is 4.57 Å². The van der Waals surface area contributed by atoms with Crippen LogP contribution in [0.2, 0.25) is 0 Å². The molecule has 0 saturated carbocycles. The van der Waals surface area contributed by atoms with Crippen LogP contribution in [0.3, 0.4) is 0 Å². The van der Waals surface area contributed by atoms with Crippen LogP contribution < -0.4 is 19.0 Å².